The van der Waals surface area contributed by atoms with E-state index in [0.717, 1.165) is 16.7 Å². The van der Waals surface area contributed by atoms with Crippen LogP contribution < -0.4 is 11.1 Å². The van der Waals surface area contributed by atoms with E-state index in [1.807, 2.05) is 42.5 Å². The van der Waals surface area contributed by atoms with Crippen LogP contribution in [0.5, 0.6) is 0 Å². The van der Waals surface area contributed by atoms with Crippen LogP contribution in [0.3, 0.4) is 0 Å². The number of nitrogens with zero attached hydrogens (tertiary/aromatic N) is 1. The van der Waals surface area contributed by atoms with Gasteiger partial charge < -0.3 is 11.1 Å². The van der Waals surface area contributed by atoms with Gasteiger partial charge in [-0.15, -0.1) is 0 Å². The molecule has 2 amide bonds. The molecule has 3 N–H and O–H groups in total. The number of amides is 2. The number of carbonyl (C=O) groups is 2. The Morgan fingerprint density at radius 3 is 2.28 bits per heavy atom. The molecule has 0 spiro atoms. The summed E-state index contributed by atoms with van der Waals surface area (Å²) >= 11 is 0. The molecule has 0 aliphatic carbocycles. The molecule has 0 aliphatic rings. The normalized spacial score (nSPS) is 10.2. The van der Waals surface area contributed by atoms with Gasteiger partial charge in [0.15, 0.2) is 0 Å². The van der Waals surface area contributed by atoms with Gasteiger partial charge in [-0.25, -0.2) is 0 Å². The van der Waals surface area contributed by atoms with Crippen molar-refractivity contribution in [3.63, 3.8) is 0 Å². The molecule has 5 heteroatoms. The summed E-state index contributed by atoms with van der Waals surface area (Å²) < 4.78 is 0. The lowest BCUT2D eigenvalue weighted by Crippen LogP contribution is -2.22. The van der Waals surface area contributed by atoms with Gasteiger partial charge in [-0.1, -0.05) is 24.3 Å². The van der Waals surface area contributed by atoms with E-state index in [4.69, 9.17) is 5.73 Å². The summed E-state index contributed by atoms with van der Waals surface area (Å²) in [7, 11) is 0. The molecule has 0 aliphatic heterocycles. The number of nitrogens with two attached hydrogens (primary N) is 1. The second-order valence-corrected chi connectivity index (χ2v) is 5.56. The number of pyridine rings is 1. The zero-order valence-corrected chi connectivity index (χ0v) is 13.5. The van der Waals surface area contributed by atoms with Gasteiger partial charge in [-0.05, 0) is 53.1 Å². The molecule has 3 rings (SSSR count). The van der Waals surface area contributed by atoms with Gasteiger partial charge in [-0.3, -0.25) is 14.6 Å². The number of hydrogen-bond donors (Lipinski definition) is 2. The van der Waals surface area contributed by atoms with Crippen molar-refractivity contribution in [2.45, 2.75) is 6.54 Å². The van der Waals surface area contributed by atoms with Crippen LogP contribution in [0, 0.1) is 0 Å². The van der Waals surface area contributed by atoms with Crippen LogP contribution in [-0.2, 0) is 6.54 Å². The van der Waals surface area contributed by atoms with Crippen LogP contribution in [0.2, 0.25) is 0 Å². The minimum absolute atomic E-state index is 0.146. The molecule has 1 aromatic heterocycles. The lowest BCUT2D eigenvalue weighted by Gasteiger charge is -2.08. The molecule has 0 fully saturated rings. The zero-order valence-electron chi connectivity index (χ0n) is 13.5. The Morgan fingerprint density at radius 1 is 0.880 bits per heavy atom. The topological polar surface area (TPSA) is 85.1 Å². The van der Waals surface area contributed by atoms with Crippen molar-refractivity contribution < 1.29 is 9.59 Å². The van der Waals surface area contributed by atoms with Gasteiger partial charge in [0, 0.05) is 30.1 Å². The maximum Gasteiger partial charge on any atom is 0.251 e. The average molecular weight is 331 g/mol. The van der Waals surface area contributed by atoms with E-state index in [2.05, 4.69) is 10.3 Å². The lowest BCUT2D eigenvalue weighted by molar-refractivity contribution is 0.0949. The van der Waals surface area contributed by atoms with E-state index in [-0.39, 0.29) is 5.91 Å². The Balaban J connectivity index is 1.74. The van der Waals surface area contributed by atoms with Crippen LogP contribution in [0.4, 0.5) is 0 Å². The highest BCUT2D eigenvalue weighted by molar-refractivity contribution is 5.96. The van der Waals surface area contributed by atoms with E-state index in [9.17, 15) is 9.59 Å². The first kappa shape index (κ1) is 16.4. The van der Waals surface area contributed by atoms with Crippen molar-refractivity contribution in [2.24, 2.45) is 5.73 Å². The van der Waals surface area contributed by atoms with Gasteiger partial charge in [0.05, 0.1) is 0 Å². The first-order valence-corrected chi connectivity index (χ1v) is 7.81. The quantitative estimate of drug-likeness (QED) is 0.754. The fourth-order valence-corrected chi connectivity index (χ4v) is 2.45. The van der Waals surface area contributed by atoms with Crippen LogP contribution in [0.15, 0.2) is 73.1 Å². The number of hydrogen-bond acceptors (Lipinski definition) is 3. The maximum absolute atomic E-state index is 12.4. The SMILES string of the molecule is NC(=O)c1ccc(-c2cccc(C(=O)NCc3ccncc3)c2)cc1. The predicted molar refractivity (Wildman–Crippen MR) is 95.8 cm³/mol. The molecular formula is C20H17N3O2. The molecule has 124 valence electrons. The summed E-state index contributed by atoms with van der Waals surface area (Å²) in [5.41, 5.74) is 9.07. The van der Waals surface area contributed by atoms with E-state index in [1.165, 1.54) is 0 Å². The molecule has 0 bridgehead atoms. The molecule has 2 aromatic carbocycles. The molecule has 5 nitrogen and oxygen atoms in total. The van der Waals surface area contributed by atoms with E-state index in [1.54, 1.807) is 30.6 Å². The molecule has 3 aromatic rings. The number of rotatable bonds is 5. The van der Waals surface area contributed by atoms with Gasteiger partial charge in [0.25, 0.3) is 5.91 Å². The average Bonchev–Trinajstić information content (AvgIpc) is 2.67. The molecule has 25 heavy (non-hydrogen) atoms. The predicted octanol–water partition coefficient (Wildman–Crippen LogP) is 2.78. The fraction of sp³-hybridized carbons (Fsp3) is 0.0500. The molecule has 0 saturated carbocycles. The van der Waals surface area contributed by atoms with Gasteiger partial charge >= 0.3 is 0 Å². The van der Waals surface area contributed by atoms with Crippen molar-refractivity contribution in [1.29, 1.82) is 0 Å². The highest BCUT2D eigenvalue weighted by atomic mass is 16.2. The summed E-state index contributed by atoms with van der Waals surface area (Å²) in [5, 5.41) is 2.89. The van der Waals surface area contributed by atoms with Gasteiger partial charge in [-0.2, -0.15) is 0 Å². The number of benzene rings is 2. The lowest BCUT2D eigenvalue weighted by atomic mass is 10.0. The fourth-order valence-electron chi connectivity index (χ4n) is 2.45. The van der Waals surface area contributed by atoms with Crippen molar-refractivity contribution in [2.75, 3.05) is 0 Å². The largest absolute Gasteiger partial charge is 0.366 e. The third-order valence-electron chi connectivity index (χ3n) is 3.83. The number of aromatic nitrogens is 1. The summed E-state index contributed by atoms with van der Waals surface area (Å²) in [5.74, 6) is -0.608. The summed E-state index contributed by atoms with van der Waals surface area (Å²) in [4.78, 5) is 27.5. The monoisotopic (exact) mass is 331 g/mol. The second-order valence-electron chi connectivity index (χ2n) is 5.56. The minimum atomic E-state index is -0.462. The summed E-state index contributed by atoms with van der Waals surface area (Å²) in [6.45, 7) is 0.443. The van der Waals surface area contributed by atoms with Crippen LogP contribution in [-0.4, -0.2) is 16.8 Å². The van der Waals surface area contributed by atoms with Crippen molar-refractivity contribution >= 4 is 11.8 Å². The number of nitrogens with one attached hydrogen (secondary N) is 1. The van der Waals surface area contributed by atoms with Crippen molar-refractivity contribution in [3.8, 4) is 11.1 Å². The molecule has 0 saturated heterocycles. The summed E-state index contributed by atoms with van der Waals surface area (Å²) in [6, 6.07) is 18.0. The van der Waals surface area contributed by atoms with Crippen LogP contribution in [0.25, 0.3) is 11.1 Å². The third-order valence-corrected chi connectivity index (χ3v) is 3.83. The standard InChI is InChI=1S/C20H17N3O2/c21-19(24)16-6-4-15(5-7-16)17-2-1-3-18(12-17)20(25)23-13-14-8-10-22-11-9-14/h1-12H,13H2,(H2,21,24)(H,23,25). The smallest absolute Gasteiger partial charge is 0.251 e. The Morgan fingerprint density at radius 2 is 1.60 bits per heavy atom. The van der Waals surface area contributed by atoms with E-state index in [0.29, 0.717) is 17.7 Å². The molecule has 0 unspecified atom stereocenters. The first-order chi connectivity index (χ1) is 12.1. The summed E-state index contributed by atoms with van der Waals surface area (Å²) in [6.07, 6.45) is 3.38. The third kappa shape index (κ3) is 4.09. The van der Waals surface area contributed by atoms with Crippen molar-refractivity contribution in [3.05, 3.63) is 89.7 Å². The maximum atomic E-state index is 12.4. The highest BCUT2D eigenvalue weighted by Gasteiger charge is 2.08. The Kier molecular flexibility index (Phi) is 4.85. The molecule has 0 radical (unpaired) electrons. The van der Waals surface area contributed by atoms with Gasteiger partial charge in [0.2, 0.25) is 5.91 Å². The van der Waals surface area contributed by atoms with Gasteiger partial charge in [0.1, 0.15) is 0 Å². The Labute approximate surface area is 145 Å². The van der Waals surface area contributed by atoms with E-state index >= 15 is 0 Å². The molecular weight excluding hydrogens is 314 g/mol. The van der Waals surface area contributed by atoms with Crippen molar-refractivity contribution in [1.82, 2.24) is 10.3 Å². The first-order valence-electron chi connectivity index (χ1n) is 7.81. The number of carbonyl (C=O) groups excluding carboxylic acids is 2. The zero-order chi connectivity index (χ0) is 17.6. The Hall–Kier alpha value is -3.47. The number of primary amides is 1. The highest BCUT2D eigenvalue weighted by Crippen LogP contribution is 2.21. The molecule has 0 atom stereocenters. The van der Waals surface area contributed by atoms with Crippen LogP contribution >= 0.6 is 0 Å². The molecule has 1 heterocycles. The second kappa shape index (κ2) is 7.40. The Bertz CT molecular complexity index is 890. The minimum Gasteiger partial charge on any atom is -0.366 e. The van der Waals surface area contributed by atoms with Crippen LogP contribution in [0.1, 0.15) is 26.3 Å². The van der Waals surface area contributed by atoms with E-state index < -0.39 is 5.91 Å².